The number of rotatable bonds is 0. The van der Waals surface area contributed by atoms with E-state index < -0.39 is 0 Å². The zero-order chi connectivity index (χ0) is 9.68. The lowest BCUT2D eigenvalue weighted by Gasteiger charge is -1.96. The fourth-order valence-corrected chi connectivity index (χ4v) is 0.982. The van der Waals surface area contributed by atoms with Crippen LogP contribution in [0.2, 0.25) is 5.02 Å². The van der Waals surface area contributed by atoms with Crippen LogP contribution in [0.15, 0.2) is 18.2 Å². The van der Waals surface area contributed by atoms with Gasteiger partial charge in [-0.1, -0.05) is 23.4 Å². The molecule has 0 fully saturated rings. The molecular formula is C10H7ClN2. The molecule has 0 aliphatic rings. The van der Waals surface area contributed by atoms with Crippen LogP contribution in [0, 0.1) is 23.2 Å². The van der Waals surface area contributed by atoms with Crippen LogP contribution < -0.4 is 5.73 Å². The van der Waals surface area contributed by atoms with Crippen molar-refractivity contribution in [1.82, 2.24) is 0 Å². The molecule has 0 amide bonds. The Labute approximate surface area is 81.9 Å². The van der Waals surface area contributed by atoms with Crippen molar-refractivity contribution in [1.29, 1.82) is 5.26 Å². The predicted molar refractivity (Wildman–Crippen MR) is 53.0 cm³/mol. The Kier molecular flexibility index (Phi) is 3.20. The minimum Gasteiger partial charge on any atom is -0.399 e. The first-order valence-corrected chi connectivity index (χ1v) is 4.02. The van der Waals surface area contributed by atoms with Gasteiger partial charge in [0.1, 0.15) is 0 Å². The van der Waals surface area contributed by atoms with E-state index in [1.807, 2.05) is 6.07 Å². The molecule has 0 aliphatic heterocycles. The quantitative estimate of drug-likeness (QED) is 0.504. The molecule has 0 radical (unpaired) electrons. The molecule has 0 bridgehead atoms. The third kappa shape index (κ3) is 2.71. The van der Waals surface area contributed by atoms with Crippen molar-refractivity contribution in [3.63, 3.8) is 0 Å². The summed E-state index contributed by atoms with van der Waals surface area (Å²) < 4.78 is 0. The molecule has 0 heterocycles. The lowest BCUT2D eigenvalue weighted by atomic mass is 10.2. The SMILES string of the molecule is N#CCC#Cc1cc(N)ccc1Cl. The van der Waals surface area contributed by atoms with Gasteiger partial charge in [-0.05, 0) is 18.2 Å². The van der Waals surface area contributed by atoms with E-state index in [0.29, 0.717) is 16.3 Å². The first kappa shape index (κ1) is 9.45. The van der Waals surface area contributed by atoms with Crippen molar-refractivity contribution in [2.24, 2.45) is 0 Å². The van der Waals surface area contributed by atoms with Crippen molar-refractivity contribution in [2.45, 2.75) is 6.42 Å². The second-order valence-corrected chi connectivity index (χ2v) is 2.78. The van der Waals surface area contributed by atoms with Gasteiger partial charge in [0.05, 0.1) is 17.5 Å². The minimum atomic E-state index is 0.200. The van der Waals surface area contributed by atoms with Gasteiger partial charge < -0.3 is 5.73 Å². The number of nitrogens with zero attached hydrogens (tertiary/aromatic N) is 1. The smallest absolute Gasteiger partial charge is 0.0966 e. The summed E-state index contributed by atoms with van der Waals surface area (Å²) in [6.45, 7) is 0. The molecule has 1 rings (SSSR count). The maximum Gasteiger partial charge on any atom is 0.0966 e. The van der Waals surface area contributed by atoms with E-state index >= 15 is 0 Å². The summed E-state index contributed by atoms with van der Waals surface area (Å²) in [7, 11) is 0. The molecule has 3 heteroatoms. The van der Waals surface area contributed by atoms with Gasteiger partial charge in [-0.2, -0.15) is 5.26 Å². The highest BCUT2D eigenvalue weighted by Gasteiger charge is 1.95. The highest BCUT2D eigenvalue weighted by atomic mass is 35.5. The Morgan fingerprint density at radius 2 is 2.23 bits per heavy atom. The molecule has 2 nitrogen and oxygen atoms in total. The first-order valence-electron chi connectivity index (χ1n) is 3.65. The lowest BCUT2D eigenvalue weighted by molar-refractivity contribution is 1.39. The fraction of sp³-hybridized carbons (Fsp3) is 0.100. The molecule has 0 aromatic heterocycles. The van der Waals surface area contributed by atoms with E-state index in [4.69, 9.17) is 22.6 Å². The standard InChI is InChI=1S/C10H7ClN2/c11-10-5-4-9(13)7-8(10)3-1-2-6-12/h4-5,7H,2,13H2. The Morgan fingerprint density at radius 1 is 1.46 bits per heavy atom. The second kappa shape index (κ2) is 4.40. The molecule has 0 aliphatic carbocycles. The molecule has 64 valence electrons. The summed E-state index contributed by atoms with van der Waals surface area (Å²) in [5.41, 5.74) is 6.82. The van der Waals surface area contributed by atoms with E-state index in [9.17, 15) is 0 Å². The first-order chi connectivity index (χ1) is 6.24. The molecule has 0 spiro atoms. The second-order valence-electron chi connectivity index (χ2n) is 2.38. The van der Waals surface area contributed by atoms with E-state index in [2.05, 4.69) is 11.8 Å². The van der Waals surface area contributed by atoms with Gasteiger partial charge in [-0.25, -0.2) is 0 Å². The summed E-state index contributed by atoms with van der Waals surface area (Å²) >= 11 is 5.83. The van der Waals surface area contributed by atoms with Crippen molar-refractivity contribution < 1.29 is 0 Å². The predicted octanol–water partition coefficient (Wildman–Crippen LogP) is 2.19. The maximum absolute atomic E-state index is 8.26. The monoisotopic (exact) mass is 190 g/mol. The lowest BCUT2D eigenvalue weighted by Crippen LogP contribution is -1.85. The Hall–Kier alpha value is -1.64. The van der Waals surface area contributed by atoms with Crippen molar-refractivity contribution >= 4 is 17.3 Å². The Balaban J connectivity index is 2.97. The zero-order valence-corrected chi connectivity index (χ0v) is 7.60. The largest absolute Gasteiger partial charge is 0.399 e. The molecule has 0 atom stereocenters. The number of anilines is 1. The number of benzene rings is 1. The van der Waals surface area contributed by atoms with Crippen molar-refractivity contribution in [2.75, 3.05) is 5.73 Å². The van der Waals surface area contributed by atoms with Crippen molar-refractivity contribution in [3.8, 4) is 17.9 Å². The van der Waals surface area contributed by atoms with Crippen LogP contribution in [-0.4, -0.2) is 0 Å². The number of hydrogen-bond donors (Lipinski definition) is 1. The van der Waals surface area contributed by atoms with Crippen LogP contribution in [0.1, 0.15) is 12.0 Å². The third-order valence-electron chi connectivity index (χ3n) is 1.38. The summed E-state index contributed by atoms with van der Waals surface area (Å²) in [5.74, 6) is 5.44. The molecule has 0 saturated heterocycles. The highest BCUT2D eigenvalue weighted by Crippen LogP contribution is 2.17. The number of halogens is 1. The number of nitriles is 1. The van der Waals surface area contributed by atoms with E-state index in [0.717, 1.165) is 0 Å². The van der Waals surface area contributed by atoms with Gasteiger partial charge in [0.15, 0.2) is 0 Å². The highest BCUT2D eigenvalue weighted by molar-refractivity contribution is 6.31. The maximum atomic E-state index is 8.26. The average molecular weight is 191 g/mol. The van der Waals surface area contributed by atoms with Gasteiger partial charge in [-0.15, -0.1) is 0 Å². The summed E-state index contributed by atoms with van der Waals surface area (Å²) in [6, 6.07) is 7.01. The summed E-state index contributed by atoms with van der Waals surface area (Å²) in [4.78, 5) is 0. The number of nitrogen functional groups attached to an aromatic ring is 1. The molecule has 1 aromatic rings. The molecule has 1 aromatic carbocycles. The van der Waals surface area contributed by atoms with E-state index in [-0.39, 0.29) is 6.42 Å². The number of nitrogens with two attached hydrogens (primary N) is 1. The molecular weight excluding hydrogens is 184 g/mol. The van der Waals surface area contributed by atoms with Crippen LogP contribution in [0.3, 0.4) is 0 Å². The number of hydrogen-bond acceptors (Lipinski definition) is 2. The molecule has 0 saturated carbocycles. The Bertz CT molecular complexity index is 407. The average Bonchev–Trinajstić information content (AvgIpc) is 2.11. The van der Waals surface area contributed by atoms with Crippen LogP contribution in [0.25, 0.3) is 0 Å². The van der Waals surface area contributed by atoms with Gasteiger partial charge in [0.25, 0.3) is 0 Å². The molecule has 13 heavy (non-hydrogen) atoms. The van der Waals surface area contributed by atoms with Crippen LogP contribution in [-0.2, 0) is 0 Å². The molecule has 0 unspecified atom stereocenters. The van der Waals surface area contributed by atoms with E-state index in [1.54, 1.807) is 18.2 Å². The van der Waals surface area contributed by atoms with E-state index in [1.165, 1.54) is 0 Å². The third-order valence-corrected chi connectivity index (χ3v) is 1.71. The Morgan fingerprint density at radius 3 is 2.92 bits per heavy atom. The van der Waals surface area contributed by atoms with Crippen LogP contribution in [0.5, 0.6) is 0 Å². The van der Waals surface area contributed by atoms with Crippen LogP contribution >= 0.6 is 11.6 Å². The van der Waals surface area contributed by atoms with Gasteiger partial charge in [-0.3, -0.25) is 0 Å². The van der Waals surface area contributed by atoms with Crippen molar-refractivity contribution in [3.05, 3.63) is 28.8 Å². The normalized spacial score (nSPS) is 8.31. The fourth-order valence-electron chi connectivity index (χ4n) is 0.818. The zero-order valence-electron chi connectivity index (χ0n) is 6.84. The van der Waals surface area contributed by atoms with Gasteiger partial charge >= 0.3 is 0 Å². The van der Waals surface area contributed by atoms with Gasteiger partial charge in [0.2, 0.25) is 0 Å². The topological polar surface area (TPSA) is 49.8 Å². The minimum absolute atomic E-state index is 0.200. The van der Waals surface area contributed by atoms with Crippen LogP contribution in [0.4, 0.5) is 5.69 Å². The summed E-state index contributed by atoms with van der Waals surface area (Å²) in [5, 5.41) is 8.81. The molecule has 2 N–H and O–H groups in total. The summed E-state index contributed by atoms with van der Waals surface area (Å²) in [6.07, 6.45) is 0.200. The van der Waals surface area contributed by atoms with Gasteiger partial charge in [0, 0.05) is 11.3 Å².